The number of nitrogens with one attached hydrogen (secondary N) is 1. The molecule has 34 heavy (non-hydrogen) atoms. The Kier molecular flexibility index (Phi) is 6.36. The highest BCUT2D eigenvalue weighted by atomic mass is 32.1. The van der Waals surface area contributed by atoms with Crippen LogP contribution in [0.25, 0.3) is 16.3 Å². The van der Waals surface area contributed by atoms with E-state index in [1.807, 2.05) is 91.2 Å². The lowest BCUT2D eigenvalue weighted by Crippen LogP contribution is -2.31. The predicted octanol–water partition coefficient (Wildman–Crippen LogP) is 6.62. The van der Waals surface area contributed by atoms with Gasteiger partial charge in [0.25, 0.3) is 5.91 Å². The SMILES string of the molecule is Cc1ccc(-n2nc(-c3cccs3)cc2C(=O)NC(Cc2ccccc2)c2ccccc2)cc1. The molecule has 1 N–H and O–H groups in total. The van der Waals surface area contributed by atoms with Crippen molar-refractivity contribution < 1.29 is 4.79 Å². The van der Waals surface area contributed by atoms with Crippen molar-refractivity contribution in [3.8, 4) is 16.3 Å². The summed E-state index contributed by atoms with van der Waals surface area (Å²) in [6.45, 7) is 2.05. The molecule has 1 amide bonds. The van der Waals surface area contributed by atoms with Gasteiger partial charge >= 0.3 is 0 Å². The summed E-state index contributed by atoms with van der Waals surface area (Å²) in [6.07, 6.45) is 0.701. The lowest BCUT2D eigenvalue weighted by molar-refractivity contribution is 0.0928. The lowest BCUT2D eigenvalue weighted by Gasteiger charge is -2.20. The third kappa shape index (κ3) is 4.85. The number of amides is 1. The lowest BCUT2D eigenvalue weighted by atomic mass is 9.98. The first-order valence-corrected chi connectivity index (χ1v) is 12.2. The van der Waals surface area contributed by atoms with Crippen LogP contribution in [0.15, 0.2) is 109 Å². The smallest absolute Gasteiger partial charge is 0.270 e. The van der Waals surface area contributed by atoms with Crippen LogP contribution in [-0.4, -0.2) is 15.7 Å². The summed E-state index contributed by atoms with van der Waals surface area (Å²) in [7, 11) is 0. The number of aromatic nitrogens is 2. The first-order valence-electron chi connectivity index (χ1n) is 11.3. The number of nitrogens with zero attached hydrogens (tertiary/aromatic N) is 2. The minimum Gasteiger partial charge on any atom is -0.344 e. The van der Waals surface area contributed by atoms with Crippen molar-refractivity contribution in [2.24, 2.45) is 0 Å². The predicted molar refractivity (Wildman–Crippen MR) is 138 cm³/mol. The van der Waals surface area contributed by atoms with Crippen LogP contribution in [0.2, 0.25) is 0 Å². The highest BCUT2D eigenvalue weighted by Crippen LogP contribution is 2.27. The molecule has 1 unspecified atom stereocenters. The molecule has 3 aromatic carbocycles. The van der Waals surface area contributed by atoms with Crippen LogP contribution < -0.4 is 5.32 Å². The Hall–Kier alpha value is -3.96. The van der Waals surface area contributed by atoms with Crippen molar-refractivity contribution in [3.05, 3.63) is 131 Å². The standard InChI is InChI=1S/C29H25N3OS/c1-21-14-16-24(17-15-21)32-27(20-26(31-32)28-13-8-18-34-28)29(33)30-25(23-11-6-3-7-12-23)19-22-9-4-2-5-10-22/h2-18,20,25H,19H2,1H3,(H,30,33). The van der Waals surface area contributed by atoms with Crippen molar-refractivity contribution in [3.63, 3.8) is 0 Å². The maximum atomic E-state index is 13.7. The summed E-state index contributed by atoms with van der Waals surface area (Å²) in [4.78, 5) is 14.7. The molecule has 2 heterocycles. The summed E-state index contributed by atoms with van der Waals surface area (Å²) in [6, 6.07) is 34.2. The van der Waals surface area contributed by atoms with Crippen LogP contribution in [0.1, 0.15) is 33.2 Å². The van der Waals surface area contributed by atoms with Crippen molar-refractivity contribution >= 4 is 17.2 Å². The molecule has 0 fully saturated rings. The average molecular weight is 464 g/mol. The monoisotopic (exact) mass is 463 g/mol. The highest BCUT2D eigenvalue weighted by molar-refractivity contribution is 7.13. The molecule has 5 heteroatoms. The van der Waals surface area contributed by atoms with Crippen molar-refractivity contribution in [1.82, 2.24) is 15.1 Å². The van der Waals surface area contributed by atoms with Gasteiger partial charge in [-0.25, -0.2) is 4.68 Å². The van der Waals surface area contributed by atoms with Gasteiger partial charge in [-0.3, -0.25) is 4.79 Å². The van der Waals surface area contributed by atoms with Crippen molar-refractivity contribution in [2.45, 2.75) is 19.4 Å². The minimum atomic E-state index is -0.164. The second kappa shape index (κ2) is 9.89. The average Bonchev–Trinajstić information content (AvgIpc) is 3.56. The summed E-state index contributed by atoms with van der Waals surface area (Å²) in [5.41, 5.74) is 5.56. The van der Waals surface area contributed by atoms with Crippen molar-refractivity contribution in [2.75, 3.05) is 0 Å². The molecule has 0 spiro atoms. The van der Waals surface area contributed by atoms with Gasteiger partial charge in [-0.1, -0.05) is 84.4 Å². The fourth-order valence-corrected chi connectivity index (χ4v) is 4.67. The zero-order valence-electron chi connectivity index (χ0n) is 18.9. The third-order valence-corrected chi connectivity index (χ3v) is 6.68. The first kappa shape index (κ1) is 21.9. The van der Waals surface area contributed by atoms with Gasteiger partial charge in [-0.15, -0.1) is 11.3 Å². The van der Waals surface area contributed by atoms with Gasteiger partial charge in [-0.05, 0) is 54.1 Å². The quantitative estimate of drug-likeness (QED) is 0.295. The number of rotatable bonds is 7. The molecule has 5 aromatic rings. The van der Waals surface area contributed by atoms with Gasteiger partial charge < -0.3 is 5.32 Å². The Bertz CT molecular complexity index is 1360. The molecule has 2 aromatic heterocycles. The van der Waals surface area contributed by atoms with E-state index in [1.165, 1.54) is 5.56 Å². The van der Waals surface area contributed by atoms with E-state index in [0.717, 1.165) is 27.4 Å². The van der Waals surface area contributed by atoms with E-state index in [2.05, 4.69) is 29.6 Å². The van der Waals surface area contributed by atoms with Gasteiger partial charge in [0.2, 0.25) is 0 Å². The molecule has 0 aliphatic carbocycles. The number of thiophene rings is 1. The normalized spacial score (nSPS) is 11.8. The summed E-state index contributed by atoms with van der Waals surface area (Å²) < 4.78 is 1.74. The topological polar surface area (TPSA) is 46.9 Å². The number of carbonyl (C=O) groups excluding carboxylic acids is 1. The molecular formula is C29H25N3OS. The van der Waals surface area contributed by atoms with E-state index in [0.29, 0.717) is 12.1 Å². The zero-order valence-corrected chi connectivity index (χ0v) is 19.7. The van der Waals surface area contributed by atoms with E-state index in [1.54, 1.807) is 16.0 Å². The number of hydrogen-bond donors (Lipinski definition) is 1. The molecule has 0 saturated carbocycles. The summed E-state index contributed by atoms with van der Waals surface area (Å²) in [5.74, 6) is -0.152. The maximum Gasteiger partial charge on any atom is 0.270 e. The number of carbonyl (C=O) groups is 1. The molecular weight excluding hydrogens is 438 g/mol. The molecule has 0 saturated heterocycles. The van der Waals surface area contributed by atoms with E-state index in [-0.39, 0.29) is 11.9 Å². The zero-order chi connectivity index (χ0) is 23.3. The van der Waals surface area contributed by atoms with Gasteiger partial charge in [0.15, 0.2) is 0 Å². The number of aryl methyl sites for hydroxylation is 1. The third-order valence-electron chi connectivity index (χ3n) is 5.78. The summed E-state index contributed by atoms with van der Waals surface area (Å²) >= 11 is 1.61. The Morgan fingerprint density at radius 1 is 0.912 bits per heavy atom. The van der Waals surface area contributed by atoms with Crippen LogP contribution in [0.3, 0.4) is 0 Å². The Labute approximate surface area is 203 Å². The molecule has 5 rings (SSSR count). The van der Waals surface area contributed by atoms with E-state index in [4.69, 9.17) is 5.10 Å². The fourth-order valence-electron chi connectivity index (χ4n) is 3.99. The fraction of sp³-hybridized carbons (Fsp3) is 0.103. The molecule has 1 atom stereocenters. The number of hydrogen-bond acceptors (Lipinski definition) is 3. The Balaban J connectivity index is 1.51. The maximum absolute atomic E-state index is 13.7. The number of benzene rings is 3. The second-order valence-electron chi connectivity index (χ2n) is 8.27. The molecule has 4 nitrogen and oxygen atoms in total. The van der Waals surface area contributed by atoms with Gasteiger partial charge in [-0.2, -0.15) is 5.10 Å². The van der Waals surface area contributed by atoms with Crippen LogP contribution >= 0.6 is 11.3 Å². The van der Waals surface area contributed by atoms with E-state index < -0.39 is 0 Å². The van der Waals surface area contributed by atoms with E-state index in [9.17, 15) is 4.79 Å². The molecule has 0 radical (unpaired) electrons. The van der Waals surface area contributed by atoms with Crippen molar-refractivity contribution in [1.29, 1.82) is 0 Å². The van der Waals surface area contributed by atoms with E-state index >= 15 is 0 Å². The van der Waals surface area contributed by atoms with Gasteiger partial charge in [0.05, 0.1) is 16.6 Å². The Morgan fingerprint density at radius 2 is 1.62 bits per heavy atom. The Morgan fingerprint density at radius 3 is 2.29 bits per heavy atom. The van der Waals surface area contributed by atoms with Crippen LogP contribution in [-0.2, 0) is 6.42 Å². The molecule has 0 aliphatic heterocycles. The second-order valence-corrected chi connectivity index (χ2v) is 9.21. The van der Waals surface area contributed by atoms with Crippen LogP contribution in [0.4, 0.5) is 0 Å². The largest absolute Gasteiger partial charge is 0.344 e. The van der Waals surface area contributed by atoms with Crippen LogP contribution in [0.5, 0.6) is 0 Å². The minimum absolute atomic E-state index is 0.152. The molecule has 0 bridgehead atoms. The van der Waals surface area contributed by atoms with Gasteiger partial charge in [0, 0.05) is 0 Å². The highest BCUT2D eigenvalue weighted by Gasteiger charge is 2.22. The summed E-state index contributed by atoms with van der Waals surface area (Å²) in [5, 5.41) is 10.1. The first-order chi connectivity index (χ1) is 16.7. The van der Waals surface area contributed by atoms with Gasteiger partial charge in [0.1, 0.15) is 11.4 Å². The van der Waals surface area contributed by atoms with Crippen LogP contribution in [0, 0.1) is 6.92 Å². The molecule has 0 aliphatic rings. The molecule has 168 valence electrons.